The first-order chi connectivity index (χ1) is 8.34. The summed E-state index contributed by atoms with van der Waals surface area (Å²) in [5.74, 6) is 0. The Bertz CT molecular complexity index is 830. The lowest BCUT2D eigenvalue weighted by Gasteiger charge is -2.11. The molecule has 0 amide bonds. The zero-order valence-electron chi connectivity index (χ0n) is 9.27. The fourth-order valence-electron chi connectivity index (χ4n) is 2.76. The van der Waals surface area contributed by atoms with Gasteiger partial charge < -0.3 is 5.73 Å². The topological polar surface area (TPSA) is 26.0 Å². The molecule has 4 aromatic carbocycles. The molecule has 0 saturated carbocycles. The summed E-state index contributed by atoms with van der Waals surface area (Å²) >= 11 is 0. The summed E-state index contributed by atoms with van der Waals surface area (Å²) in [6, 6.07) is 19.1. The molecule has 4 rings (SSSR count). The maximum Gasteiger partial charge on any atom is 0.0394 e. The van der Waals surface area contributed by atoms with Crippen molar-refractivity contribution in [3.05, 3.63) is 54.6 Å². The van der Waals surface area contributed by atoms with Gasteiger partial charge in [0.15, 0.2) is 0 Å². The minimum atomic E-state index is 0.857. The van der Waals surface area contributed by atoms with Crippen LogP contribution >= 0.6 is 0 Å². The van der Waals surface area contributed by atoms with Crippen LogP contribution in [0.2, 0.25) is 0 Å². The third-order valence-corrected chi connectivity index (χ3v) is 3.56. The molecular formula is C16H11N. The van der Waals surface area contributed by atoms with Crippen molar-refractivity contribution in [2.24, 2.45) is 0 Å². The molecule has 2 N–H and O–H groups in total. The van der Waals surface area contributed by atoms with Gasteiger partial charge in [-0.05, 0) is 33.0 Å². The minimum absolute atomic E-state index is 0.857. The number of nitrogens with two attached hydrogens (primary N) is 1. The molecule has 0 aliphatic carbocycles. The number of hydrogen-bond acceptors (Lipinski definition) is 1. The number of rotatable bonds is 0. The highest BCUT2D eigenvalue weighted by Gasteiger charge is 2.08. The Balaban J connectivity index is 2.48. The Morgan fingerprint density at radius 1 is 0.588 bits per heavy atom. The van der Waals surface area contributed by atoms with Gasteiger partial charge in [0.25, 0.3) is 0 Å². The van der Waals surface area contributed by atoms with Crippen LogP contribution in [0.1, 0.15) is 0 Å². The summed E-state index contributed by atoms with van der Waals surface area (Å²) in [6.45, 7) is 0. The van der Waals surface area contributed by atoms with Crippen LogP contribution in [0.4, 0.5) is 5.69 Å². The SMILES string of the molecule is N[13c]1[13cH][13cH][13c]2ccc3cccc4cc[13c]1[13c]2c34. The second kappa shape index (κ2) is 2.89. The van der Waals surface area contributed by atoms with Crippen LogP contribution < -0.4 is 5.73 Å². The van der Waals surface area contributed by atoms with Gasteiger partial charge in [-0.25, -0.2) is 0 Å². The summed E-state index contributed by atoms with van der Waals surface area (Å²) in [4.78, 5) is 0. The number of hydrogen-bond donors (Lipinski definition) is 1. The van der Waals surface area contributed by atoms with Gasteiger partial charge in [0.2, 0.25) is 0 Å². The van der Waals surface area contributed by atoms with Crippen molar-refractivity contribution in [1.29, 1.82) is 0 Å². The minimum Gasteiger partial charge on any atom is -0.398 e. The first-order valence-electron chi connectivity index (χ1n) is 5.76. The second-order valence-corrected chi connectivity index (χ2v) is 4.51. The van der Waals surface area contributed by atoms with Gasteiger partial charge >= 0.3 is 0 Å². The fraction of sp³-hybridized carbons (Fsp3) is 0. The van der Waals surface area contributed by atoms with E-state index in [1.54, 1.807) is 0 Å². The van der Waals surface area contributed by atoms with Crippen LogP contribution in [0.3, 0.4) is 0 Å². The Morgan fingerprint density at radius 2 is 1.18 bits per heavy atom. The predicted molar refractivity (Wildman–Crippen MR) is 74.6 cm³/mol. The molecule has 4 aromatic rings. The summed E-state index contributed by atoms with van der Waals surface area (Å²) in [5, 5.41) is 7.61. The van der Waals surface area contributed by atoms with E-state index in [0.717, 1.165) is 11.1 Å². The van der Waals surface area contributed by atoms with E-state index in [9.17, 15) is 0 Å². The number of benzene rings is 4. The molecule has 0 unspecified atom stereocenters. The Kier molecular flexibility index (Phi) is 1.50. The third-order valence-electron chi connectivity index (χ3n) is 3.56. The van der Waals surface area contributed by atoms with Gasteiger partial charge in [-0.15, -0.1) is 0 Å². The molecular weight excluding hydrogens is 212 g/mol. The van der Waals surface area contributed by atoms with Crippen molar-refractivity contribution in [2.45, 2.75) is 0 Å². The zero-order valence-corrected chi connectivity index (χ0v) is 9.27. The maximum atomic E-state index is 6.07. The average Bonchev–Trinajstić information content (AvgIpc) is 2.38. The zero-order chi connectivity index (χ0) is 11.4. The standard InChI is InChI=1S/C16H11N/c17-14-9-7-12-5-4-10-2-1-3-11-6-8-13(14)16(12)15(10)11/h1-9H,17H2/i7+1,9+1,12+1,13+1,14+1,16+1. The maximum absolute atomic E-state index is 6.07. The molecule has 0 atom stereocenters. The van der Waals surface area contributed by atoms with E-state index in [4.69, 9.17) is 5.73 Å². The lowest BCUT2D eigenvalue weighted by Crippen LogP contribution is -1.89. The summed E-state index contributed by atoms with van der Waals surface area (Å²) in [7, 11) is 0. The van der Waals surface area contributed by atoms with Gasteiger partial charge in [0, 0.05) is 11.1 Å². The van der Waals surface area contributed by atoms with Crippen LogP contribution in [0.25, 0.3) is 32.3 Å². The third kappa shape index (κ3) is 1.03. The van der Waals surface area contributed by atoms with Gasteiger partial charge in [0.1, 0.15) is 0 Å². The van der Waals surface area contributed by atoms with Crippen molar-refractivity contribution >= 4 is 38.0 Å². The lowest BCUT2D eigenvalue weighted by atomic mass is 10.1. The molecule has 80 valence electrons. The second-order valence-electron chi connectivity index (χ2n) is 4.51. The monoisotopic (exact) mass is 223 g/mol. The molecule has 1 heteroatoms. The number of nitrogen functional groups attached to an aromatic ring is 1. The summed E-state index contributed by atoms with van der Waals surface area (Å²) < 4.78 is 0. The largest absolute Gasteiger partial charge is 0.398 e. The van der Waals surface area contributed by atoms with Gasteiger partial charge in [-0.3, -0.25) is 0 Å². The highest BCUT2D eigenvalue weighted by Crippen LogP contribution is 2.36. The van der Waals surface area contributed by atoms with Crippen LogP contribution in [-0.4, -0.2) is 0 Å². The van der Waals surface area contributed by atoms with Crippen LogP contribution in [0.5, 0.6) is 0 Å². The molecule has 0 fully saturated rings. The van der Waals surface area contributed by atoms with E-state index in [2.05, 4.69) is 48.5 Å². The molecule has 0 saturated heterocycles. The molecule has 0 radical (unpaired) electrons. The van der Waals surface area contributed by atoms with E-state index >= 15 is 0 Å². The van der Waals surface area contributed by atoms with Gasteiger partial charge in [-0.2, -0.15) is 0 Å². The van der Waals surface area contributed by atoms with Crippen LogP contribution in [0.15, 0.2) is 54.6 Å². The molecule has 0 spiro atoms. The molecule has 0 bridgehead atoms. The van der Waals surface area contributed by atoms with E-state index < -0.39 is 0 Å². The van der Waals surface area contributed by atoms with Crippen molar-refractivity contribution in [3.63, 3.8) is 0 Å². The van der Waals surface area contributed by atoms with Gasteiger partial charge in [-0.1, -0.05) is 48.5 Å². The molecule has 0 heterocycles. The molecule has 17 heavy (non-hydrogen) atoms. The van der Waals surface area contributed by atoms with E-state index in [1.165, 1.54) is 26.9 Å². The normalized spacial score (nSPS) is 11.8. The van der Waals surface area contributed by atoms with Crippen molar-refractivity contribution in [2.75, 3.05) is 5.73 Å². The van der Waals surface area contributed by atoms with Crippen molar-refractivity contribution in [3.8, 4) is 0 Å². The molecule has 1 nitrogen and oxygen atoms in total. The van der Waals surface area contributed by atoms with Crippen LogP contribution in [-0.2, 0) is 0 Å². The fourth-order valence-corrected chi connectivity index (χ4v) is 2.76. The Labute approximate surface area is 98.8 Å². The van der Waals surface area contributed by atoms with Crippen molar-refractivity contribution < 1.29 is 0 Å². The molecule has 0 aliphatic rings. The molecule has 0 aromatic heterocycles. The van der Waals surface area contributed by atoms with Crippen molar-refractivity contribution in [1.82, 2.24) is 0 Å². The summed E-state index contributed by atoms with van der Waals surface area (Å²) in [5.41, 5.74) is 6.92. The highest BCUT2D eigenvalue weighted by atomic mass is 15.0. The van der Waals surface area contributed by atoms with E-state index in [-0.39, 0.29) is 0 Å². The van der Waals surface area contributed by atoms with E-state index in [1.807, 2.05) is 6.07 Å². The molecule has 0 aliphatic heterocycles. The number of anilines is 1. The first kappa shape index (κ1) is 8.82. The van der Waals surface area contributed by atoms with Crippen LogP contribution in [0, 0.1) is 0 Å². The Hall–Kier alpha value is -2.28. The average molecular weight is 223 g/mol. The Morgan fingerprint density at radius 3 is 1.94 bits per heavy atom. The predicted octanol–water partition coefficient (Wildman–Crippen LogP) is 4.17. The van der Waals surface area contributed by atoms with E-state index in [0.29, 0.717) is 0 Å². The quantitative estimate of drug-likeness (QED) is 0.351. The lowest BCUT2D eigenvalue weighted by molar-refractivity contribution is 1.76. The summed E-state index contributed by atoms with van der Waals surface area (Å²) in [6.07, 6.45) is 0. The van der Waals surface area contributed by atoms with Gasteiger partial charge in [0.05, 0.1) is 0 Å². The first-order valence-corrected chi connectivity index (χ1v) is 5.76. The highest BCUT2D eigenvalue weighted by molar-refractivity contribution is 6.24. The smallest absolute Gasteiger partial charge is 0.0394 e.